The summed E-state index contributed by atoms with van der Waals surface area (Å²) < 4.78 is 0. The molecule has 160 valence electrons. The van der Waals surface area contributed by atoms with Gasteiger partial charge in [0.15, 0.2) is 0 Å². The molecule has 1 amide bonds. The molecule has 3 aliphatic rings. The predicted octanol–water partition coefficient (Wildman–Crippen LogP) is 2.98. The standard InChI is InChI=1S/C19H34N2O.C2H2O4/c22-19(10-9-17-7-3-4-8-17)21-15-11-18(12-16-21)20-13-5-1-2-6-14-20;3-1(4)2(5)6/h17-18H,1-16H2;(H,3,4)(H,5,6). The van der Waals surface area contributed by atoms with Gasteiger partial charge in [0.2, 0.25) is 5.91 Å². The Labute approximate surface area is 168 Å². The third-order valence-electron chi connectivity index (χ3n) is 6.40. The quantitative estimate of drug-likeness (QED) is 0.709. The van der Waals surface area contributed by atoms with Crippen molar-refractivity contribution < 1.29 is 24.6 Å². The fourth-order valence-electron chi connectivity index (χ4n) is 4.73. The summed E-state index contributed by atoms with van der Waals surface area (Å²) in [5, 5.41) is 14.8. The molecule has 0 aromatic heterocycles. The molecular weight excluding hydrogens is 360 g/mol. The lowest BCUT2D eigenvalue weighted by atomic mass is 9.99. The van der Waals surface area contributed by atoms with Crippen molar-refractivity contribution in [3.05, 3.63) is 0 Å². The fraction of sp³-hybridized carbons (Fsp3) is 0.857. The minimum Gasteiger partial charge on any atom is -0.473 e. The first-order valence-corrected chi connectivity index (χ1v) is 11.0. The number of piperidine rings is 1. The Morgan fingerprint density at radius 3 is 1.75 bits per heavy atom. The predicted molar refractivity (Wildman–Crippen MR) is 106 cm³/mol. The Bertz CT molecular complexity index is 491. The first kappa shape index (κ1) is 22.7. The van der Waals surface area contributed by atoms with E-state index in [2.05, 4.69) is 9.80 Å². The molecule has 0 aromatic carbocycles. The number of rotatable bonds is 4. The van der Waals surface area contributed by atoms with Crippen LogP contribution in [0.5, 0.6) is 0 Å². The molecule has 0 bridgehead atoms. The van der Waals surface area contributed by atoms with E-state index in [0.717, 1.165) is 37.9 Å². The Morgan fingerprint density at radius 2 is 1.25 bits per heavy atom. The number of carbonyl (C=O) groups excluding carboxylic acids is 1. The number of likely N-dealkylation sites (tertiary alicyclic amines) is 2. The SMILES string of the molecule is O=C(CCC1CCCC1)N1CCC(N2CCCCCC2)CC1.O=C(O)C(=O)O. The molecule has 3 fully saturated rings. The van der Waals surface area contributed by atoms with E-state index in [0.29, 0.717) is 5.91 Å². The molecule has 0 atom stereocenters. The summed E-state index contributed by atoms with van der Waals surface area (Å²) in [6, 6.07) is 0.747. The first-order chi connectivity index (χ1) is 13.5. The number of amides is 1. The van der Waals surface area contributed by atoms with E-state index < -0.39 is 11.9 Å². The topological polar surface area (TPSA) is 98.2 Å². The molecule has 2 N–H and O–H groups in total. The van der Waals surface area contributed by atoms with E-state index in [4.69, 9.17) is 19.8 Å². The van der Waals surface area contributed by atoms with Crippen LogP contribution in [0, 0.1) is 5.92 Å². The van der Waals surface area contributed by atoms with Crippen LogP contribution in [0.1, 0.15) is 77.0 Å². The van der Waals surface area contributed by atoms with Gasteiger partial charge < -0.3 is 20.0 Å². The first-order valence-electron chi connectivity index (χ1n) is 11.0. The smallest absolute Gasteiger partial charge is 0.414 e. The van der Waals surface area contributed by atoms with Crippen LogP contribution in [0.4, 0.5) is 0 Å². The highest BCUT2D eigenvalue weighted by atomic mass is 16.4. The number of aliphatic carboxylic acids is 2. The number of hydrogen-bond acceptors (Lipinski definition) is 4. The zero-order valence-corrected chi connectivity index (χ0v) is 17.0. The van der Waals surface area contributed by atoms with Crippen LogP contribution in [0.2, 0.25) is 0 Å². The molecule has 0 spiro atoms. The highest BCUT2D eigenvalue weighted by molar-refractivity contribution is 6.27. The van der Waals surface area contributed by atoms with Gasteiger partial charge >= 0.3 is 11.9 Å². The summed E-state index contributed by atoms with van der Waals surface area (Å²) in [7, 11) is 0. The number of hydrogen-bond donors (Lipinski definition) is 2. The lowest BCUT2D eigenvalue weighted by Gasteiger charge is -2.38. The number of carbonyl (C=O) groups is 3. The van der Waals surface area contributed by atoms with Crippen molar-refractivity contribution in [2.75, 3.05) is 26.2 Å². The van der Waals surface area contributed by atoms with E-state index in [1.54, 1.807) is 0 Å². The second-order valence-electron chi connectivity index (χ2n) is 8.36. The van der Waals surface area contributed by atoms with Crippen LogP contribution in [-0.2, 0) is 14.4 Å². The van der Waals surface area contributed by atoms with E-state index >= 15 is 0 Å². The van der Waals surface area contributed by atoms with Crippen molar-refractivity contribution in [2.45, 2.75) is 83.1 Å². The van der Waals surface area contributed by atoms with E-state index in [1.807, 2.05) is 0 Å². The van der Waals surface area contributed by atoms with Crippen LogP contribution >= 0.6 is 0 Å². The second-order valence-corrected chi connectivity index (χ2v) is 8.36. The molecule has 0 unspecified atom stereocenters. The van der Waals surface area contributed by atoms with Gasteiger partial charge in [-0.3, -0.25) is 4.79 Å². The van der Waals surface area contributed by atoms with Crippen LogP contribution in [0.3, 0.4) is 0 Å². The maximum atomic E-state index is 12.4. The Morgan fingerprint density at radius 1 is 0.714 bits per heavy atom. The zero-order valence-electron chi connectivity index (χ0n) is 17.0. The molecule has 3 rings (SSSR count). The Balaban J connectivity index is 0.000000409. The highest BCUT2D eigenvalue weighted by Crippen LogP contribution is 2.29. The molecular formula is C21H36N2O5. The average Bonchev–Trinajstić information content (AvgIpc) is 3.07. The Hall–Kier alpha value is -1.63. The molecule has 1 aliphatic carbocycles. The molecule has 2 heterocycles. The van der Waals surface area contributed by atoms with Crippen molar-refractivity contribution in [3.63, 3.8) is 0 Å². The van der Waals surface area contributed by atoms with Crippen molar-refractivity contribution in [1.82, 2.24) is 9.80 Å². The van der Waals surface area contributed by atoms with E-state index in [9.17, 15) is 4.79 Å². The normalized spacial score (nSPS) is 22.2. The third-order valence-corrected chi connectivity index (χ3v) is 6.40. The molecule has 28 heavy (non-hydrogen) atoms. The molecule has 0 radical (unpaired) electrons. The van der Waals surface area contributed by atoms with Crippen LogP contribution in [0.15, 0.2) is 0 Å². The van der Waals surface area contributed by atoms with Crippen LogP contribution in [-0.4, -0.2) is 70.1 Å². The van der Waals surface area contributed by atoms with Gasteiger partial charge in [-0.1, -0.05) is 38.5 Å². The minimum absolute atomic E-state index is 0.432. The highest BCUT2D eigenvalue weighted by Gasteiger charge is 2.27. The zero-order chi connectivity index (χ0) is 20.4. The Kier molecular flexibility index (Phi) is 9.75. The van der Waals surface area contributed by atoms with Gasteiger partial charge in [-0.15, -0.1) is 0 Å². The van der Waals surface area contributed by atoms with Gasteiger partial charge in [-0.2, -0.15) is 0 Å². The summed E-state index contributed by atoms with van der Waals surface area (Å²) >= 11 is 0. The summed E-state index contributed by atoms with van der Waals surface area (Å²) in [6.45, 7) is 4.59. The summed E-state index contributed by atoms with van der Waals surface area (Å²) in [5.41, 5.74) is 0. The molecule has 7 heteroatoms. The molecule has 0 aromatic rings. The van der Waals surface area contributed by atoms with Gasteiger partial charge in [0.25, 0.3) is 0 Å². The number of nitrogens with zero attached hydrogens (tertiary/aromatic N) is 2. The van der Waals surface area contributed by atoms with E-state index in [-0.39, 0.29) is 0 Å². The van der Waals surface area contributed by atoms with Gasteiger partial charge in [0.05, 0.1) is 0 Å². The van der Waals surface area contributed by atoms with Crippen LogP contribution in [0.25, 0.3) is 0 Å². The lowest BCUT2D eigenvalue weighted by Crippen LogP contribution is -2.47. The van der Waals surface area contributed by atoms with Gasteiger partial charge in [-0.05, 0) is 51.1 Å². The van der Waals surface area contributed by atoms with Crippen molar-refractivity contribution in [3.8, 4) is 0 Å². The van der Waals surface area contributed by atoms with Crippen molar-refractivity contribution in [1.29, 1.82) is 0 Å². The molecule has 1 saturated carbocycles. The van der Waals surface area contributed by atoms with Crippen LogP contribution < -0.4 is 0 Å². The second kappa shape index (κ2) is 12.0. The maximum absolute atomic E-state index is 12.4. The molecule has 2 aliphatic heterocycles. The largest absolute Gasteiger partial charge is 0.473 e. The molecule has 7 nitrogen and oxygen atoms in total. The van der Waals surface area contributed by atoms with Gasteiger partial charge in [0, 0.05) is 25.6 Å². The monoisotopic (exact) mass is 396 g/mol. The lowest BCUT2D eigenvalue weighted by molar-refractivity contribution is -0.159. The van der Waals surface area contributed by atoms with Crippen molar-refractivity contribution in [2.24, 2.45) is 5.92 Å². The average molecular weight is 397 g/mol. The molecule has 2 saturated heterocycles. The summed E-state index contributed by atoms with van der Waals surface area (Å²) in [4.78, 5) is 35.5. The van der Waals surface area contributed by atoms with Gasteiger partial charge in [-0.25, -0.2) is 9.59 Å². The minimum atomic E-state index is -1.82. The van der Waals surface area contributed by atoms with Gasteiger partial charge in [0.1, 0.15) is 0 Å². The fourth-order valence-corrected chi connectivity index (χ4v) is 4.73. The summed E-state index contributed by atoms with van der Waals surface area (Å²) in [6.07, 6.45) is 15.4. The van der Waals surface area contributed by atoms with Crippen molar-refractivity contribution >= 4 is 17.8 Å². The third kappa shape index (κ3) is 7.78. The maximum Gasteiger partial charge on any atom is 0.414 e. The number of carboxylic acid groups (broad SMARTS) is 2. The number of carboxylic acids is 2. The van der Waals surface area contributed by atoms with E-state index in [1.165, 1.54) is 77.3 Å². The summed E-state index contributed by atoms with van der Waals surface area (Å²) in [5.74, 6) is -2.37.